The molecule has 1 aliphatic rings. The lowest BCUT2D eigenvalue weighted by Gasteiger charge is -2.21. The summed E-state index contributed by atoms with van der Waals surface area (Å²) in [5, 5.41) is 5.02. The molecule has 0 spiro atoms. The lowest BCUT2D eigenvalue weighted by atomic mass is 10.1. The zero-order chi connectivity index (χ0) is 18.0. The zero-order valence-electron chi connectivity index (χ0n) is 14.9. The van der Waals surface area contributed by atoms with Crippen molar-refractivity contribution in [2.75, 3.05) is 6.54 Å². The number of amides is 2. The number of ether oxygens (including phenoxy) is 1. The van der Waals surface area contributed by atoms with Crippen molar-refractivity contribution in [1.29, 1.82) is 0 Å². The Kier molecular flexibility index (Phi) is 4.66. The predicted octanol–water partition coefficient (Wildman–Crippen LogP) is 3.47. The number of nitrogens with zero attached hydrogens (tertiary/aromatic N) is 1. The van der Waals surface area contributed by atoms with Gasteiger partial charge in [0.2, 0.25) is 5.91 Å². The van der Waals surface area contributed by atoms with E-state index in [1.165, 1.54) is 5.39 Å². The van der Waals surface area contributed by atoms with Gasteiger partial charge in [-0.25, -0.2) is 4.79 Å². The molecule has 1 atom stereocenters. The van der Waals surface area contributed by atoms with Gasteiger partial charge >= 0.3 is 6.09 Å². The van der Waals surface area contributed by atoms with Gasteiger partial charge in [-0.15, -0.1) is 0 Å². The van der Waals surface area contributed by atoms with Crippen molar-refractivity contribution in [3.05, 3.63) is 48.0 Å². The highest BCUT2D eigenvalue weighted by molar-refractivity contribution is 5.88. The smallest absolute Gasteiger partial charge is 0.408 e. The Balaban J connectivity index is 1.62. The second-order valence-corrected chi connectivity index (χ2v) is 7.43. The fourth-order valence-corrected chi connectivity index (χ4v) is 3.04. The Labute approximate surface area is 148 Å². The maximum Gasteiger partial charge on any atom is 0.408 e. The minimum atomic E-state index is -0.573. The largest absolute Gasteiger partial charge is 0.444 e. The van der Waals surface area contributed by atoms with Crippen LogP contribution in [-0.4, -0.2) is 35.1 Å². The summed E-state index contributed by atoms with van der Waals surface area (Å²) in [5.74, 6) is -0.0565. The Bertz CT molecular complexity index is 795. The van der Waals surface area contributed by atoms with E-state index in [-0.39, 0.29) is 5.91 Å². The Hall–Kier alpha value is -2.56. The molecule has 1 saturated heterocycles. The average molecular weight is 340 g/mol. The first-order valence-electron chi connectivity index (χ1n) is 8.58. The predicted molar refractivity (Wildman–Crippen MR) is 97.1 cm³/mol. The fourth-order valence-electron chi connectivity index (χ4n) is 3.04. The van der Waals surface area contributed by atoms with Gasteiger partial charge in [-0.3, -0.25) is 4.79 Å². The van der Waals surface area contributed by atoms with E-state index in [0.717, 1.165) is 10.9 Å². The number of nitrogens with one attached hydrogen (secondary N) is 1. The van der Waals surface area contributed by atoms with Crippen molar-refractivity contribution < 1.29 is 14.3 Å². The minimum absolute atomic E-state index is 0.0565. The van der Waals surface area contributed by atoms with Crippen LogP contribution in [-0.2, 0) is 16.1 Å². The van der Waals surface area contributed by atoms with Crippen LogP contribution < -0.4 is 5.32 Å². The SMILES string of the molecule is CC(C)(C)OC(=O)N[C@H]1CCN(Cc2ccc3ccccc3c2)C1=O. The number of benzene rings is 2. The van der Waals surface area contributed by atoms with Gasteiger partial charge in [0.25, 0.3) is 0 Å². The van der Waals surface area contributed by atoms with Gasteiger partial charge in [-0.1, -0.05) is 36.4 Å². The lowest BCUT2D eigenvalue weighted by Crippen LogP contribution is -2.43. The standard InChI is InChI=1S/C20H24N2O3/c1-20(2,3)25-19(24)21-17-10-11-22(18(17)23)13-14-8-9-15-6-4-5-7-16(15)12-14/h4-9,12,17H,10-11,13H2,1-3H3,(H,21,24)/t17-/m0/s1. The molecular weight excluding hydrogens is 316 g/mol. The summed E-state index contributed by atoms with van der Waals surface area (Å²) in [6, 6.07) is 13.9. The van der Waals surface area contributed by atoms with E-state index >= 15 is 0 Å². The van der Waals surface area contributed by atoms with Gasteiger partial charge in [0, 0.05) is 13.1 Å². The monoisotopic (exact) mass is 340 g/mol. The molecule has 0 unspecified atom stereocenters. The normalized spacial score (nSPS) is 17.8. The number of rotatable bonds is 3. The highest BCUT2D eigenvalue weighted by atomic mass is 16.6. The first-order valence-corrected chi connectivity index (χ1v) is 8.58. The van der Waals surface area contributed by atoms with E-state index < -0.39 is 17.7 Å². The summed E-state index contributed by atoms with van der Waals surface area (Å²) >= 11 is 0. The molecule has 0 saturated carbocycles. The summed E-state index contributed by atoms with van der Waals surface area (Å²) in [6.07, 6.45) is 0.0597. The third kappa shape index (κ3) is 4.29. The molecule has 2 aromatic rings. The topological polar surface area (TPSA) is 58.6 Å². The number of carbonyl (C=O) groups excluding carboxylic acids is 2. The van der Waals surface area contributed by atoms with Crippen molar-refractivity contribution in [3.8, 4) is 0 Å². The van der Waals surface area contributed by atoms with Crippen molar-refractivity contribution in [2.24, 2.45) is 0 Å². The third-order valence-electron chi connectivity index (χ3n) is 4.18. The molecule has 0 bridgehead atoms. The van der Waals surface area contributed by atoms with Crippen LogP contribution in [0.25, 0.3) is 10.8 Å². The number of hydrogen-bond acceptors (Lipinski definition) is 3. The van der Waals surface area contributed by atoms with Gasteiger partial charge in [0.1, 0.15) is 11.6 Å². The molecule has 5 heteroatoms. The molecule has 1 aliphatic heterocycles. The molecule has 0 aliphatic carbocycles. The van der Waals surface area contributed by atoms with E-state index in [2.05, 4.69) is 29.6 Å². The Morgan fingerprint density at radius 3 is 2.64 bits per heavy atom. The van der Waals surface area contributed by atoms with Crippen molar-refractivity contribution >= 4 is 22.8 Å². The molecule has 0 aromatic heterocycles. The van der Waals surface area contributed by atoms with E-state index in [0.29, 0.717) is 19.5 Å². The van der Waals surface area contributed by atoms with Crippen molar-refractivity contribution in [3.63, 3.8) is 0 Å². The van der Waals surface area contributed by atoms with Crippen LogP contribution in [0, 0.1) is 0 Å². The second-order valence-electron chi connectivity index (χ2n) is 7.43. The van der Waals surface area contributed by atoms with Gasteiger partial charge in [-0.2, -0.15) is 0 Å². The molecule has 1 N–H and O–H groups in total. The van der Waals surface area contributed by atoms with Gasteiger partial charge in [0.15, 0.2) is 0 Å². The number of hydrogen-bond donors (Lipinski definition) is 1. The fraction of sp³-hybridized carbons (Fsp3) is 0.400. The summed E-state index contributed by atoms with van der Waals surface area (Å²) in [6.45, 7) is 6.58. The molecule has 2 amide bonds. The van der Waals surface area contributed by atoms with Crippen LogP contribution in [0.15, 0.2) is 42.5 Å². The average Bonchev–Trinajstić information content (AvgIpc) is 2.86. The molecule has 1 heterocycles. The maximum atomic E-state index is 12.5. The summed E-state index contributed by atoms with van der Waals surface area (Å²) in [4.78, 5) is 26.2. The minimum Gasteiger partial charge on any atom is -0.444 e. The van der Waals surface area contributed by atoms with E-state index in [9.17, 15) is 9.59 Å². The quantitative estimate of drug-likeness (QED) is 0.931. The molecular formula is C20H24N2O3. The zero-order valence-corrected chi connectivity index (χ0v) is 14.9. The lowest BCUT2D eigenvalue weighted by molar-refractivity contribution is -0.129. The van der Waals surface area contributed by atoms with Crippen molar-refractivity contribution in [2.45, 2.75) is 45.4 Å². The molecule has 0 radical (unpaired) electrons. The third-order valence-corrected chi connectivity index (χ3v) is 4.18. The first-order chi connectivity index (χ1) is 11.8. The van der Waals surface area contributed by atoms with Crippen LogP contribution in [0.3, 0.4) is 0 Å². The molecule has 2 aromatic carbocycles. The maximum absolute atomic E-state index is 12.5. The van der Waals surface area contributed by atoms with Crippen LogP contribution in [0.5, 0.6) is 0 Å². The highest BCUT2D eigenvalue weighted by Gasteiger charge is 2.33. The molecule has 5 nitrogen and oxygen atoms in total. The van der Waals surface area contributed by atoms with Gasteiger partial charge in [0.05, 0.1) is 0 Å². The van der Waals surface area contributed by atoms with Crippen molar-refractivity contribution in [1.82, 2.24) is 10.2 Å². The Morgan fingerprint density at radius 2 is 1.92 bits per heavy atom. The number of alkyl carbamates (subject to hydrolysis) is 1. The van der Waals surface area contributed by atoms with Crippen LogP contribution >= 0.6 is 0 Å². The summed E-state index contributed by atoms with van der Waals surface area (Å²) < 4.78 is 5.23. The van der Waals surface area contributed by atoms with Crippen LogP contribution in [0.4, 0.5) is 4.79 Å². The van der Waals surface area contributed by atoms with Crippen LogP contribution in [0.2, 0.25) is 0 Å². The van der Waals surface area contributed by atoms with Crippen LogP contribution in [0.1, 0.15) is 32.8 Å². The van der Waals surface area contributed by atoms with E-state index in [1.54, 1.807) is 25.7 Å². The number of likely N-dealkylation sites (tertiary alicyclic amines) is 1. The number of carbonyl (C=O) groups is 2. The van der Waals surface area contributed by atoms with E-state index in [4.69, 9.17) is 4.74 Å². The van der Waals surface area contributed by atoms with Gasteiger partial charge in [-0.05, 0) is 49.6 Å². The molecule has 1 fully saturated rings. The highest BCUT2D eigenvalue weighted by Crippen LogP contribution is 2.20. The summed E-state index contributed by atoms with van der Waals surface area (Å²) in [7, 11) is 0. The molecule has 3 rings (SSSR count). The molecule has 25 heavy (non-hydrogen) atoms. The van der Waals surface area contributed by atoms with E-state index in [1.807, 2.05) is 18.2 Å². The second kappa shape index (κ2) is 6.75. The number of fused-ring (bicyclic) bond motifs is 1. The Morgan fingerprint density at radius 1 is 1.20 bits per heavy atom. The van der Waals surface area contributed by atoms with Gasteiger partial charge < -0.3 is 15.0 Å². The summed E-state index contributed by atoms with van der Waals surface area (Å²) in [5.41, 5.74) is 0.515. The first kappa shape index (κ1) is 17.3. The molecule has 132 valence electrons.